The van der Waals surface area contributed by atoms with Crippen molar-refractivity contribution in [2.45, 2.75) is 0 Å². The largest absolute Gasteiger partial charge is 0.383 e. The van der Waals surface area contributed by atoms with Crippen molar-refractivity contribution >= 4 is 40.7 Å². The maximum absolute atomic E-state index is 12.2. The lowest BCUT2D eigenvalue weighted by Gasteiger charge is -2.08. The molecular weight excluding hydrogens is 351 g/mol. The lowest BCUT2D eigenvalue weighted by Crippen LogP contribution is -2.26. The van der Waals surface area contributed by atoms with Gasteiger partial charge in [0.1, 0.15) is 0 Å². The monoisotopic (exact) mass is 366 g/mol. The molecular formula is C17H16Cl2N2O3. The molecule has 7 heteroatoms. The van der Waals surface area contributed by atoms with Crippen molar-refractivity contribution in [2.75, 3.05) is 25.6 Å². The van der Waals surface area contributed by atoms with Crippen LogP contribution in [0.4, 0.5) is 5.69 Å². The Hall–Kier alpha value is -2.08. The molecule has 126 valence electrons. The maximum atomic E-state index is 12.2. The Morgan fingerprint density at radius 2 is 1.50 bits per heavy atom. The Morgan fingerprint density at radius 3 is 2.04 bits per heavy atom. The zero-order valence-electron chi connectivity index (χ0n) is 12.9. The second-order valence-corrected chi connectivity index (χ2v) is 5.81. The molecule has 0 fully saturated rings. The van der Waals surface area contributed by atoms with E-state index in [2.05, 4.69) is 10.6 Å². The summed E-state index contributed by atoms with van der Waals surface area (Å²) in [6.45, 7) is 0.863. The van der Waals surface area contributed by atoms with E-state index in [1.54, 1.807) is 49.6 Å². The normalized spacial score (nSPS) is 10.3. The molecule has 2 aromatic rings. The minimum Gasteiger partial charge on any atom is -0.383 e. The summed E-state index contributed by atoms with van der Waals surface area (Å²) in [5.41, 5.74) is 1.38. The summed E-state index contributed by atoms with van der Waals surface area (Å²) < 4.78 is 4.87. The van der Waals surface area contributed by atoms with Crippen LogP contribution in [0.1, 0.15) is 20.7 Å². The smallest absolute Gasteiger partial charge is 0.255 e. The summed E-state index contributed by atoms with van der Waals surface area (Å²) in [5.74, 6) is -0.541. The van der Waals surface area contributed by atoms with Crippen LogP contribution in [0.3, 0.4) is 0 Å². The van der Waals surface area contributed by atoms with Crippen LogP contribution in [-0.4, -0.2) is 32.1 Å². The highest BCUT2D eigenvalue weighted by atomic mass is 35.5. The first-order valence-corrected chi connectivity index (χ1v) is 7.90. The number of nitrogens with one attached hydrogen (secondary N) is 2. The molecule has 2 amide bonds. The third-order valence-electron chi connectivity index (χ3n) is 3.12. The van der Waals surface area contributed by atoms with Crippen LogP contribution in [0.2, 0.25) is 10.0 Å². The van der Waals surface area contributed by atoms with E-state index in [0.717, 1.165) is 0 Å². The summed E-state index contributed by atoms with van der Waals surface area (Å²) >= 11 is 11.8. The predicted molar refractivity (Wildman–Crippen MR) is 95.1 cm³/mol. The molecule has 0 aromatic heterocycles. The van der Waals surface area contributed by atoms with Crippen LogP contribution in [-0.2, 0) is 4.74 Å². The average molecular weight is 367 g/mol. The van der Waals surface area contributed by atoms with Gasteiger partial charge in [0.25, 0.3) is 11.8 Å². The van der Waals surface area contributed by atoms with Crippen molar-refractivity contribution in [2.24, 2.45) is 0 Å². The molecule has 0 unspecified atom stereocenters. The molecule has 5 nitrogen and oxygen atoms in total. The number of halogens is 2. The molecule has 0 saturated carbocycles. The van der Waals surface area contributed by atoms with Gasteiger partial charge < -0.3 is 15.4 Å². The molecule has 0 atom stereocenters. The van der Waals surface area contributed by atoms with Crippen molar-refractivity contribution in [3.63, 3.8) is 0 Å². The number of carbonyl (C=O) groups excluding carboxylic acids is 2. The number of carbonyl (C=O) groups is 2. The highest BCUT2D eigenvalue weighted by Crippen LogP contribution is 2.22. The topological polar surface area (TPSA) is 67.4 Å². The Labute approximate surface area is 149 Å². The van der Waals surface area contributed by atoms with E-state index < -0.39 is 0 Å². The Balaban J connectivity index is 2.01. The SMILES string of the molecule is COCCNC(=O)c1ccc(C(=O)Nc2cc(Cl)cc(Cl)c2)cc1. The lowest BCUT2D eigenvalue weighted by atomic mass is 10.1. The molecule has 0 aliphatic heterocycles. The molecule has 0 aliphatic rings. The predicted octanol–water partition coefficient (Wildman–Crippen LogP) is 3.62. The van der Waals surface area contributed by atoms with Crippen LogP contribution in [0.5, 0.6) is 0 Å². The van der Waals surface area contributed by atoms with Gasteiger partial charge in [-0.25, -0.2) is 0 Å². The van der Waals surface area contributed by atoms with E-state index in [0.29, 0.717) is 40.0 Å². The minimum absolute atomic E-state index is 0.222. The number of methoxy groups -OCH3 is 1. The Bertz CT molecular complexity index is 713. The minimum atomic E-state index is -0.320. The second-order valence-electron chi connectivity index (χ2n) is 4.94. The first kappa shape index (κ1) is 18.3. The molecule has 0 heterocycles. The van der Waals surface area contributed by atoms with Crippen LogP contribution in [0, 0.1) is 0 Å². The van der Waals surface area contributed by atoms with Crippen molar-refractivity contribution < 1.29 is 14.3 Å². The number of hydrogen-bond acceptors (Lipinski definition) is 3. The first-order valence-electron chi connectivity index (χ1n) is 7.14. The molecule has 2 N–H and O–H groups in total. The summed E-state index contributed by atoms with van der Waals surface area (Å²) in [6.07, 6.45) is 0. The van der Waals surface area contributed by atoms with Crippen molar-refractivity contribution in [3.8, 4) is 0 Å². The molecule has 0 aliphatic carbocycles. The molecule has 0 bridgehead atoms. The summed E-state index contributed by atoms with van der Waals surface area (Å²) in [7, 11) is 1.56. The number of anilines is 1. The fourth-order valence-electron chi connectivity index (χ4n) is 1.97. The van der Waals surface area contributed by atoms with E-state index in [9.17, 15) is 9.59 Å². The summed E-state index contributed by atoms with van der Waals surface area (Å²) in [6, 6.07) is 11.1. The van der Waals surface area contributed by atoms with Crippen LogP contribution < -0.4 is 10.6 Å². The van der Waals surface area contributed by atoms with Crippen molar-refractivity contribution in [1.29, 1.82) is 0 Å². The molecule has 0 saturated heterocycles. The van der Waals surface area contributed by atoms with Gasteiger partial charge in [-0.1, -0.05) is 23.2 Å². The molecule has 2 rings (SSSR count). The average Bonchev–Trinajstić information content (AvgIpc) is 2.54. The number of ether oxygens (including phenoxy) is 1. The molecule has 0 spiro atoms. The number of rotatable bonds is 6. The zero-order chi connectivity index (χ0) is 17.5. The van der Waals surface area contributed by atoms with E-state index in [1.165, 1.54) is 0 Å². The maximum Gasteiger partial charge on any atom is 0.255 e. The molecule has 2 aromatic carbocycles. The third kappa shape index (κ3) is 5.23. The number of hydrogen-bond donors (Lipinski definition) is 2. The van der Waals surface area contributed by atoms with Gasteiger partial charge >= 0.3 is 0 Å². The third-order valence-corrected chi connectivity index (χ3v) is 3.56. The standard InChI is InChI=1S/C17H16Cl2N2O3/c1-24-7-6-20-16(22)11-2-4-12(5-3-11)17(23)21-15-9-13(18)8-14(19)10-15/h2-5,8-10H,6-7H2,1H3,(H,20,22)(H,21,23). The summed E-state index contributed by atoms with van der Waals surface area (Å²) in [4.78, 5) is 24.1. The fraction of sp³-hybridized carbons (Fsp3) is 0.176. The molecule has 0 radical (unpaired) electrons. The van der Waals surface area contributed by atoms with Gasteiger partial charge in [0.05, 0.1) is 6.61 Å². The lowest BCUT2D eigenvalue weighted by molar-refractivity contribution is 0.0935. The van der Waals surface area contributed by atoms with Gasteiger partial charge in [0, 0.05) is 40.5 Å². The van der Waals surface area contributed by atoms with E-state index in [4.69, 9.17) is 27.9 Å². The second kappa shape index (κ2) is 8.68. The van der Waals surface area contributed by atoms with Gasteiger partial charge in [0.2, 0.25) is 0 Å². The van der Waals surface area contributed by atoms with Crippen LogP contribution >= 0.6 is 23.2 Å². The Kier molecular flexibility index (Phi) is 6.61. The molecule has 24 heavy (non-hydrogen) atoms. The zero-order valence-corrected chi connectivity index (χ0v) is 14.4. The highest BCUT2D eigenvalue weighted by molar-refractivity contribution is 6.35. The summed E-state index contributed by atoms with van der Waals surface area (Å²) in [5, 5.41) is 6.28. The van der Waals surface area contributed by atoms with Crippen molar-refractivity contribution in [3.05, 3.63) is 63.6 Å². The van der Waals surface area contributed by atoms with Crippen LogP contribution in [0.25, 0.3) is 0 Å². The Morgan fingerprint density at radius 1 is 0.958 bits per heavy atom. The number of amides is 2. The highest BCUT2D eigenvalue weighted by Gasteiger charge is 2.10. The van der Waals surface area contributed by atoms with Crippen LogP contribution in [0.15, 0.2) is 42.5 Å². The van der Waals surface area contributed by atoms with Gasteiger partial charge in [-0.2, -0.15) is 0 Å². The van der Waals surface area contributed by atoms with Crippen molar-refractivity contribution in [1.82, 2.24) is 5.32 Å². The quantitative estimate of drug-likeness (QED) is 0.767. The van der Waals surface area contributed by atoms with E-state index in [1.807, 2.05) is 0 Å². The van der Waals surface area contributed by atoms with Gasteiger partial charge in [-0.05, 0) is 42.5 Å². The van der Waals surface area contributed by atoms with Gasteiger partial charge in [-0.15, -0.1) is 0 Å². The van der Waals surface area contributed by atoms with Gasteiger partial charge in [-0.3, -0.25) is 9.59 Å². The van der Waals surface area contributed by atoms with E-state index >= 15 is 0 Å². The first-order chi connectivity index (χ1) is 11.5. The number of benzene rings is 2. The fourth-order valence-corrected chi connectivity index (χ4v) is 2.50. The van der Waals surface area contributed by atoms with E-state index in [-0.39, 0.29) is 11.8 Å². The van der Waals surface area contributed by atoms with Gasteiger partial charge in [0.15, 0.2) is 0 Å².